The van der Waals surface area contributed by atoms with Crippen LogP contribution in [-0.4, -0.2) is 17.2 Å². The molecule has 1 aliphatic heterocycles. The Bertz CT molecular complexity index is 434. The molecular weight excluding hydrogens is 236 g/mol. The van der Waals surface area contributed by atoms with E-state index in [0.29, 0.717) is 12.1 Å². The molecule has 2 rings (SSSR count). The van der Waals surface area contributed by atoms with E-state index in [4.69, 9.17) is 16.4 Å². The molecule has 1 aliphatic rings. The van der Waals surface area contributed by atoms with Gasteiger partial charge in [-0.2, -0.15) is 0 Å². The Labute approximate surface area is 96.8 Å². The van der Waals surface area contributed by atoms with E-state index in [1.807, 2.05) is 0 Å². The number of hydrogen-bond acceptors (Lipinski definition) is 2. The van der Waals surface area contributed by atoms with Crippen molar-refractivity contribution in [3.8, 4) is 0 Å². The van der Waals surface area contributed by atoms with E-state index in [1.165, 1.54) is 12.1 Å². The van der Waals surface area contributed by atoms with Crippen molar-refractivity contribution in [3.05, 3.63) is 35.4 Å². The fourth-order valence-electron chi connectivity index (χ4n) is 1.53. The first kappa shape index (κ1) is 11.3. The van der Waals surface area contributed by atoms with Gasteiger partial charge in [0, 0.05) is 12.0 Å². The first-order chi connectivity index (χ1) is 7.59. The Morgan fingerprint density at radius 3 is 2.88 bits per heavy atom. The summed E-state index contributed by atoms with van der Waals surface area (Å²) in [7, 11) is 0. The summed E-state index contributed by atoms with van der Waals surface area (Å²) < 4.78 is 26.4. The summed E-state index contributed by atoms with van der Waals surface area (Å²) in [5.74, 6) is -1.78. The van der Waals surface area contributed by atoms with Crippen molar-refractivity contribution in [3.63, 3.8) is 0 Å². The van der Waals surface area contributed by atoms with Crippen LogP contribution in [-0.2, 0) is 4.84 Å². The van der Waals surface area contributed by atoms with Crippen LogP contribution < -0.4 is 0 Å². The third kappa shape index (κ3) is 2.02. The van der Waals surface area contributed by atoms with Gasteiger partial charge in [-0.15, -0.1) is 11.6 Å². The molecular formula is C11H10ClF2NO. The Balaban J connectivity index is 2.24. The first-order valence-electron chi connectivity index (χ1n) is 4.90. The summed E-state index contributed by atoms with van der Waals surface area (Å²) in [5.41, 5.74) is 0.536. The average Bonchev–Trinajstić information content (AvgIpc) is 2.71. The van der Waals surface area contributed by atoms with Gasteiger partial charge in [0.2, 0.25) is 0 Å². The molecule has 0 spiro atoms. The quantitative estimate of drug-likeness (QED) is 0.734. The monoisotopic (exact) mass is 245 g/mol. The van der Waals surface area contributed by atoms with Crippen LogP contribution in [0.3, 0.4) is 0 Å². The van der Waals surface area contributed by atoms with Crippen LogP contribution in [0.5, 0.6) is 0 Å². The topological polar surface area (TPSA) is 21.6 Å². The van der Waals surface area contributed by atoms with Crippen molar-refractivity contribution in [2.24, 2.45) is 5.16 Å². The van der Waals surface area contributed by atoms with Crippen LogP contribution in [0, 0.1) is 11.6 Å². The molecule has 2 nitrogen and oxygen atoms in total. The molecule has 0 radical (unpaired) electrons. The SMILES string of the molecule is CC(Cl)C1CC(c2cccc(F)c2F)=NO1. The minimum atomic E-state index is -0.896. The molecule has 5 heteroatoms. The van der Waals surface area contributed by atoms with Gasteiger partial charge in [0.1, 0.15) is 6.10 Å². The van der Waals surface area contributed by atoms with Crippen molar-refractivity contribution in [2.45, 2.75) is 24.8 Å². The molecule has 0 amide bonds. The Morgan fingerprint density at radius 2 is 2.25 bits per heavy atom. The van der Waals surface area contributed by atoms with Crippen molar-refractivity contribution in [1.82, 2.24) is 0 Å². The van der Waals surface area contributed by atoms with E-state index in [9.17, 15) is 8.78 Å². The lowest BCUT2D eigenvalue weighted by atomic mass is 10.0. The Kier molecular flexibility index (Phi) is 3.10. The van der Waals surface area contributed by atoms with Gasteiger partial charge in [0.15, 0.2) is 11.6 Å². The van der Waals surface area contributed by atoms with Crippen molar-refractivity contribution in [2.75, 3.05) is 0 Å². The number of nitrogens with zero attached hydrogens (tertiary/aromatic N) is 1. The minimum absolute atomic E-state index is 0.139. The van der Waals surface area contributed by atoms with E-state index in [0.717, 1.165) is 6.07 Å². The van der Waals surface area contributed by atoms with Crippen LogP contribution in [0.1, 0.15) is 18.9 Å². The normalized spacial score (nSPS) is 21.5. The molecule has 0 bridgehead atoms. The highest BCUT2D eigenvalue weighted by atomic mass is 35.5. The predicted octanol–water partition coefficient (Wildman–Crippen LogP) is 3.09. The second-order valence-corrected chi connectivity index (χ2v) is 4.35. The highest BCUT2D eigenvalue weighted by Crippen LogP contribution is 2.23. The molecule has 1 aromatic carbocycles. The van der Waals surface area contributed by atoms with Crippen LogP contribution in [0.4, 0.5) is 8.78 Å². The molecule has 0 fully saturated rings. The molecule has 2 unspecified atom stereocenters. The van der Waals surface area contributed by atoms with Gasteiger partial charge in [0.05, 0.1) is 11.1 Å². The minimum Gasteiger partial charge on any atom is -0.390 e. The lowest BCUT2D eigenvalue weighted by Crippen LogP contribution is -2.18. The lowest BCUT2D eigenvalue weighted by molar-refractivity contribution is 0.0855. The molecule has 16 heavy (non-hydrogen) atoms. The summed E-state index contributed by atoms with van der Waals surface area (Å²) in [6.45, 7) is 1.77. The van der Waals surface area contributed by atoms with E-state index >= 15 is 0 Å². The maximum Gasteiger partial charge on any atom is 0.167 e. The number of benzene rings is 1. The zero-order valence-corrected chi connectivity index (χ0v) is 9.34. The standard InChI is InChI=1S/C11H10ClF2NO/c1-6(12)10-5-9(15-16-10)7-3-2-4-8(13)11(7)14/h2-4,6,10H,5H2,1H3. The molecule has 1 aromatic rings. The molecule has 0 N–H and O–H groups in total. The highest BCUT2D eigenvalue weighted by molar-refractivity contribution is 6.21. The van der Waals surface area contributed by atoms with Gasteiger partial charge in [-0.05, 0) is 19.1 Å². The summed E-state index contributed by atoms with van der Waals surface area (Å²) in [5, 5.41) is 3.51. The van der Waals surface area contributed by atoms with Crippen LogP contribution in [0.15, 0.2) is 23.4 Å². The third-order valence-corrected chi connectivity index (χ3v) is 2.75. The molecule has 2 atom stereocenters. The molecule has 0 aliphatic carbocycles. The van der Waals surface area contributed by atoms with E-state index < -0.39 is 11.6 Å². The predicted molar refractivity (Wildman–Crippen MR) is 57.7 cm³/mol. The van der Waals surface area contributed by atoms with Crippen LogP contribution in [0.2, 0.25) is 0 Å². The summed E-state index contributed by atoms with van der Waals surface area (Å²) in [6, 6.07) is 3.98. The second kappa shape index (κ2) is 4.37. The summed E-state index contributed by atoms with van der Waals surface area (Å²) in [4.78, 5) is 5.04. The second-order valence-electron chi connectivity index (χ2n) is 3.66. The first-order valence-corrected chi connectivity index (χ1v) is 5.34. The molecule has 86 valence electrons. The fraction of sp³-hybridized carbons (Fsp3) is 0.364. The van der Waals surface area contributed by atoms with Gasteiger partial charge in [0.25, 0.3) is 0 Å². The largest absolute Gasteiger partial charge is 0.390 e. The van der Waals surface area contributed by atoms with E-state index in [2.05, 4.69) is 5.16 Å². The zero-order valence-electron chi connectivity index (χ0n) is 8.58. The smallest absolute Gasteiger partial charge is 0.167 e. The van der Waals surface area contributed by atoms with Crippen molar-refractivity contribution < 1.29 is 13.6 Å². The molecule has 1 heterocycles. The van der Waals surface area contributed by atoms with E-state index in [-0.39, 0.29) is 17.0 Å². The third-order valence-electron chi connectivity index (χ3n) is 2.47. The fourth-order valence-corrected chi connectivity index (χ4v) is 1.66. The van der Waals surface area contributed by atoms with Crippen LogP contribution in [0.25, 0.3) is 0 Å². The van der Waals surface area contributed by atoms with Crippen LogP contribution >= 0.6 is 11.6 Å². The number of hydrogen-bond donors (Lipinski definition) is 0. The van der Waals surface area contributed by atoms with Gasteiger partial charge in [-0.25, -0.2) is 8.78 Å². The Morgan fingerprint density at radius 1 is 1.50 bits per heavy atom. The van der Waals surface area contributed by atoms with Gasteiger partial charge < -0.3 is 4.84 Å². The maximum absolute atomic E-state index is 13.4. The maximum atomic E-state index is 13.4. The molecule has 0 saturated heterocycles. The number of oxime groups is 1. The van der Waals surface area contributed by atoms with Gasteiger partial charge in [-0.3, -0.25) is 0 Å². The molecule has 0 aromatic heterocycles. The van der Waals surface area contributed by atoms with Gasteiger partial charge in [-0.1, -0.05) is 11.2 Å². The van der Waals surface area contributed by atoms with Gasteiger partial charge >= 0.3 is 0 Å². The summed E-state index contributed by atoms with van der Waals surface area (Å²) in [6.07, 6.45) is 0.115. The number of alkyl halides is 1. The number of halogens is 3. The van der Waals surface area contributed by atoms with E-state index in [1.54, 1.807) is 6.92 Å². The zero-order chi connectivity index (χ0) is 11.7. The highest BCUT2D eigenvalue weighted by Gasteiger charge is 2.28. The Hall–Kier alpha value is -1.16. The van der Waals surface area contributed by atoms with Crippen molar-refractivity contribution in [1.29, 1.82) is 0 Å². The molecule has 0 saturated carbocycles. The lowest BCUT2D eigenvalue weighted by Gasteiger charge is -2.09. The summed E-state index contributed by atoms with van der Waals surface area (Å²) >= 11 is 5.84. The number of rotatable bonds is 2. The average molecular weight is 246 g/mol. The van der Waals surface area contributed by atoms with Crippen molar-refractivity contribution >= 4 is 17.3 Å².